The monoisotopic (exact) mass is 379 g/mol. The third kappa shape index (κ3) is 3.97. The zero-order chi connectivity index (χ0) is 18.9. The van der Waals surface area contributed by atoms with Crippen LogP contribution in [0, 0.1) is 11.3 Å². The zero-order valence-corrected chi connectivity index (χ0v) is 17.5. The highest BCUT2D eigenvalue weighted by molar-refractivity contribution is 7.73. The SMILES string of the molecule is CC(C)(C)[C@H]1COC(C2CCC[C@H]2P(c2ccccc2)c2ccccc2)=N1. The second kappa shape index (κ2) is 7.76. The number of rotatable bonds is 4. The fraction of sp³-hybridized carbons (Fsp3) is 0.458. The molecule has 0 saturated heterocycles. The first-order valence-corrected chi connectivity index (χ1v) is 11.5. The Morgan fingerprint density at radius 1 is 0.889 bits per heavy atom. The Hall–Kier alpha value is -1.66. The van der Waals surface area contributed by atoms with Crippen molar-refractivity contribution >= 4 is 24.4 Å². The summed E-state index contributed by atoms with van der Waals surface area (Å²) in [5, 5.41) is 2.95. The second-order valence-electron chi connectivity index (χ2n) is 8.81. The largest absolute Gasteiger partial charge is 0.478 e. The van der Waals surface area contributed by atoms with Gasteiger partial charge >= 0.3 is 0 Å². The fourth-order valence-electron chi connectivity index (χ4n) is 4.29. The summed E-state index contributed by atoms with van der Waals surface area (Å²) in [6.07, 6.45) is 3.75. The maximum atomic E-state index is 6.19. The second-order valence-corrected chi connectivity index (χ2v) is 11.2. The maximum Gasteiger partial charge on any atom is 0.187 e. The first-order valence-electron chi connectivity index (χ1n) is 10.1. The minimum absolute atomic E-state index is 0.166. The van der Waals surface area contributed by atoms with E-state index in [1.165, 1.54) is 29.9 Å². The third-order valence-corrected chi connectivity index (χ3v) is 8.86. The summed E-state index contributed by atoms with van der Waals surface area (Å²) in [4.78, 5) is 5.07. The molecule has 2 aromatic carbocycles. The Morgan fingerprint density at radius 2 is 1.48 bits per heavy atom. The molecule has 1 aliphatic heterocycles. The fourth-order valence-corrected chi connectivity index (χ4v) is 7.41. The highest BCUT2D eigenvalue weighted by atomic mass is 31.1. The van der Waals surface area contributed by atoms with Crippen LogP contribution in [0.2, 0.25) is 0 Å². The number of hydrogen-bond donors (Lipinski definition) is 0. The van der Waals surface area contributed by atoms with Crippen LogP contribution in [0.5, 0.6) is 0 Å². The molecular weight excluding hydrogens is 349 g/mol. The predicted molar refractivity (Wildman–Crippen MR) is 117 cm³/mol. The summed E-state index contributed by atoms with van der Waals surface area (Å²) >= 11 is 0. The lowest BCUT2D eigenvalue weighted by Crippen LogP contribution is -2.29. The molecular formula is C24H30NOP. The van der Waals surface area contributed by atoms with Crippen molar-refractivity contribution < 1.29 is 4.74 Å². The van der Waals surface area contributed by atoms with E-state index in [4.69, 9.17) is 9.73 Å². The first-order chi connectivity index (χ1) is 13.0. The van der Waals surface area contributed by atoms with Crippen LogP contribution in [0.4, 0.5) is 0 Å². The Balaban J connectivity index is 1.68. The van der Waals surface area contributed by atoms with Gasteiger partial charge in [-0.25, -0.2) is 4.99 Å². The van der Waals surface area contributed by atoms with Gasteiger partial charge in [0.05, 0.1) is 6.04 Å². The molecule has 1 unspecified atom stereocenters. The van der Waals surface area contributed by atoms with Crippen LogP contribution in [0.1, 0.15) is 40.0 Å². The van der Waals surface area contributed by atoms with Crippen LogP contribution in [-0.4, -0.2) is 24.2 Å². The molecule has 0 radical (unpaired) electrons. The summed E-state index contributed by atoms with van der Waals surface area (Å²) < 4.78 is 6.19. The molecule has 0 aromatic heterocycles. The van der Waals surface area contributed by atoms with Crippen LogP contribution in [0.25, 0.3) is 0 Å². The topological polar surface area (TPSA) is 21.6 Å². The molecule has 1 fully saturated rings. The van der Waals surface area contributed by atoms with Crippen molar-refractivity contribution in [3.63, 3.8) is 0 Å². The number of benzene rings is 2. The molecule has 4 rings (SSSR count). The van der Waals surface area contributed by atoms with Gasteiger partial charge in [-0.15, -0.1) is 0 Å². The van der Waals surface area contributed by atoms with Gasteiger partial charge in [0.2, 0.25) is 0 Å². The Bertz CT molecular complexity index is 742. The quantitative estimate of drug-likeness (QED) is 0.675. The van der Waals surface area contributed by atoms with Gasteiger partial charge in [-0.2, -0.15) is 0 Å². The van der Waals surface area contributed by atoms with Crippen LogP contribution in [0.3, 0.4) is 0 Å². The minimum atomic E-state index is -0.411. The molecule has 2 nitrogen and oxygen atoms in total. The van der Waals surface area contributed by atoms with Crippen LogP contribution >= 0.6 is 7.92 Å². The number of nitrogens with zero attached hydrogens (tertiary/aromatic N) is 1. The van der Waals surface area contributed by atoms with E-state index in [2.05, 4.69) is 81.4 Å². The van der Waals surface area contributed by atoms with E-state index in [9.17, 15) is 0 Å². The highest BCUT2D eigenvalue weighted by Gasteiger charge is 2.42. The summed E-state index contributed by atoms with van der Waals surface area (Å²) in [5.41, 5.74) is 0.779. The van der Waals surface area contributed by atoms with Gasteiger partial charge in [-0.3, -0.25) is 0 Å². The average molecular weight is 379 g/mol. The van der Waals surface area contributed by atoms with Gasteiger partial charge in [-0.1, -0.05) is 87.9 Å². The number of aliphatic imine (C=N–C) groups is 1. The lowest BCUT2D eigenvalue weighted by atomic mass is 9.88. The van der Waals surface area contributed by atoms with Crippen LogP contribution in [0.15, 0.2) is 65.7 Å². The standard InChI is InChI=1S/C24H30NOP/c1-24(2,3)22-17-26-23(25-22)20-15-10-16-21(20)27(18-11-6-4-7-12-18)19-13-8-5-9-14-19/h4-9,11-14,20-22H,10,15-17H2,1-3H3/t20?,21-,22-/m1/s1. The molecule has 1 heterocycles. The van der Waals surface area contributed by atoms with Gasteiger partial charge in [0.25, 0.3) is 0 Å². The highest BCUT2D eigenvalue weighted by Crippen LogP contribution is 2.51. The predicted octanol–water partition coefficient (Wildman–Crippen LogP) is 5.13. The molecule has 1 saturated carbocycles. The molecule has 2 aliphatic rings. The molecule has 0 amide bonds. The van der Waals surface area contributed by atoms with Gasteiger partial charge in [-0.05, 0) is 42.4 Å². The third-order valence-electron chi connectivity index (χ3n) is 5.87. The van der Waals surface area contributed by atoms with E-state index >= 15 is 0 Å². The number of hydrogen-bond acceptors (Lipinski definition) is 2. The van der Waals surface area contributed by atoms with Gasteiger partial charge in [0.1, 0.15) is 6.61 Å². The van der Waals surface area contributed by atoms with Crippen molar-refractivity contribution in [2.45, 2.75) is 51.7 Å². The van der Waals surface area contributed by atoms with Crippen LogP contribution < -0.4 is 10.6 Å². The van der Waals surface area contributed by atoms with Gasteiger partial charge < -0.3 is 4.74 Å². The smallest absolute Gasteiger partial charge is 0.187 e. The zero-order valence-electron chi connectivity index (χ0n) is 16.6. The lowest BCUT2D eigenvalue weighted by Gasteiger charge is -2.29. The molecule has 3 heteroatoms. The Labute approximate surface area is 164 Å². The normalized spacial score (nSPS) is 25.5. The number of ether oxygens (including phenoxy) is 1. The molecule has 27 heavy (non-hydrogen) atoms. The molecule has 0 N–H and O–H groups in total. The summed E-state index contributed by atoms with van der Waals surface area (Å²) in [7, 11) is -0.411. The summed E-state index contributed by atoms with van der Waals surface area (Å²) in [6.45, 7) is 7.54. The first kappa shape index (κ1) is 18.7. The summed E-state index contributed by atoms with van der Waals surface area (Å²) in [6, 6.07) is 22.5. The molecule has 1 aliphatic carbocycles. The van der Waals surface area contributed by atoms with Crippen molar-refractivity contribution in [2.24, 2.45) is 16.3 Å². The van der Waals surface area contributed by atoms with E-state index in [1.54, 1.807) is 0 Å². The van der Waals surface area contributed by atoms with Crippen molar-refractivity contribution in [1.82, 2.24) is 0 Å². The maximum absolute atomic E-state index is 6.19. The average Bonchev–Trinajstić information content (AvgIpc) is 3.33. The van der Waals surface area contributed by atoms with Crippen molar-refractivity contribution in [3.8, 4) is 0 Å². The summed E-state index contributed by atoms with van der Waals surface area (Å²) in [5.74, 6) is 1.50. The van der Waals surface area contributed by atoms with Crippen LogP contribution in [-0.2, 0) is 4.74 Å². The van der Waals surface area contributed by atoms with E-state index in [-0.39, 0.29) is 11.5 Å². The van der Waals surface area contributed by atoms with Crippen molar-refractivity contribution in [2.75, 3.05) is 6.61 Å². The van der Waals surface area contributed by atoms with E-state index in [0.717, 1.165) is 12.5 Å². The minimum Gasteiger partial charge on any atom is -0.478 e. The molecule has 0 bridgehead atoms. The van der Waals surface area contributed by atoms with Crippen molar-refractivity contribution in [3.05, 3.63) is 60.7 Å². The molecule has 3 atom stereocenters. The lowest BCUT2D eigenvalue weighted by molar-refractivity contribution is 0.229. The van der Waals surface area contributed by atoms with Gasteiger partial charge in [0, 0.05) is 5.92 Å². The molecule has 0 spiro atoms. The van der Waals surface area contributed by atoms with E-state index in [0.29, 0.717) is 11.6 Å². The molecule has 2 aromatic rings. The molecule has 142 valence electrons. The Kier molecular flexibility index (Phi) is 5.37. The van der Waals surface area contributed by atoms with Crippen molar-refractivity contribution in [1.29, 1.82) is 0 Å². The van der Waals surface area contributed by atoms with E-state index < -0.39 is 7.92 Å². The van der Waals surface area contributed by atoms with Gasteiger partial charge in [0.15, 0.2) is 5.90 Å². The van der Waals surface area contributed by atoms with E-state index in [1.807, 2.05) is 0 Å². The Morgan fingerprint density at radius 3 is 2.00 bits per heavy atom.